The summed E-state index contributed by atoms with van der Waals surface area (Å²) < 4.78 is 0. The molecule has 3 rings (SSSR count). The van der Waals surface area contributed by atoms with Crippen LogP contribution in [0.25, 0.3) is 0 Å². The van der Waals surface area contributed by atoms with E-state index < -0.39 is 0 Å². The third-order valence-corrected chi connectivity index (χ3v) is 6.02. The maximum Gasteiger partial charge on any atom is 0.254 e. The van der Waals surface area contributed by atoms with E-state index in [1.165, 1.54) is 11.1 Å². The summed E-state index contributed by atoms with van der Waals surface area (Å²) in [5.74, 6) is 0.0847. The van der Waals surface area contributed by atoms with Crippen LogP contribution in [0.4, 0.5) is 0 Å². The fourth-order valence-electron chi connectivity index (χ4n) is 3.77. The van der Waals surface area contributed by atoms with Crippen LogP contribution in [0.1, 0.15) is 56.8 Å². The Balaban J connectivity index is 1.77. The molecule has 0 unspecified atom stereocenters. The third-order valence-electron chi connectivity index (χ3n) is 6.02. The minimum Gasteiger partial charge on any atom is -0.332 e. The second kappa shape index (κ2) is 7.78. The fourth-order valence-corrected chi connectivity index (χ4v) is 3.77. The number of hydrogen-bond acceptors (Lipinski definition) is 2. The zero-order valence-electron chi connectivity index (χ0n) is 17.7. The predicted molar refractivity (Wildman–Crippen MR) is 113 cm³/mol. The Morgan fingerprint density at radius 1 is 0.679 bits per heavy atom. The normalized spacial score (nSPS) is 19.6. The van der Waals surface area contributed by atoms with Crippen molar-refractivity contribution in [1.29, 1.82) is 0 Å². The van der Waals surface area contributed by atoms with Gasteiger partial charge in [-0.3, -0.25) is 9.59 Å². The summed E-state index contributed by atoms with van der Waals surface area (Å²) >= 11 is 0. The zero-order valence-corrected chi connectivity index (χ0v) is 17.7. The molecule has 0 saturated carbocycles. The van der Waals surface area contributed by atoms with Gasteiger partial charge in [-0.25, -0.2) is 0 Å². The van der Waals surface area contributed by atoms with Gasteiger partial charge in [-0.15, -0.1) is 0 Å². The van der Waals surface area contributed by atoms with E-state index in [4.69, 9.17) is 0 Å². The molecule has 2 aromatic carbocycles. The van der Waals surface area contributed by atoms with Gasteiger partial charge in [0.25, 0.3) is 11.8 Å². The van der Waals surface area contributed by atoms with Crippen molar-refractivity contribution in [3.63, 3.8) is 0 Å². The van der Waals surface area contributed by atoms with Gasteiger partial charge < -0.3 is 9.80 Å². The second-order valence-electron chi connectivity index (χ2n) is 8.21. The monoisotopic (exact) mass is 378 g/mol. The standard InChI is InChI=1S/C24H30N2O2/c1-15-7-9-21(11-17(15)3)23(27)25-13-20(6)26(14-19(25)5)24(28)22-10-8-16(2)18(4)12-22/h7-12,19-20H,13-14H2,1-6H3/t19-,20-/m1/s1. The lowest BCUT2D eigenvalue weighted by Crippen LogP contribution is -2.59. The number of carbonyl (C=O) groups is 2. The Morgan fingerprint density at radius 3 is 1.36 bits per heavy atom. The average Bonchev–Trinajstić information content (AvgIpc) is 2.66. The summed E-state index contributed by atoms with van der Waals surface area (Å²) in [6, 6.07) is 11.7. The van der Waals surface area contributed by atoms with Gasteiger partial charge in [0.1, 0.15) is 0 Å². The van der Waals surface area contributed by atoms with Gasteiger partial charge in [-0.2, -0.15) is 0 Å². The topological polar surface area (TPSA) is 40.6 Å². The van der Waals surface area contributed by atoms with E-state index in [0.29, 0.717) is 13.1 Å². The van der Waals surface area contributed by atoms with E-state index in [9.17, 15) is 9.59 Å². The SMILES string of the molecule is Cc1ccc(C(=O)N2C[C@@H](C)N(C(=O)c3ccc(C)c(C)c3)C[C@H]2C)cc1C. The molecule has 2 aromatic rings. The van der Waals surface area contributed by atoms with E-state index in [0.717, 1.165) is 22.3 Å². The summed E-state index contributed by atoms with van der Waals surface area (Å²) in [7, 11) is 0. The van der Waals surface area contributed by atoms with Crippen LogP contribution in [0.15, 0.2) is 36.4 Å². The molecular weight excluding hydrogens is 348 g/mol. The largest absolute Gasteiger partial charge is 0.332 e. The lowest BCUT2D eigenvalue weighted by Gasteiger charge is -2.44. The Morgan fingerprint density at radius 2 is 1.04 bits per heavy atom. The molecule has 1 fully saturated rings. The Kier molecular flexibility index (Phi) is 5.59. The van der Waals surface area contributed by atoms with Crippen LogP contribution in [0.3, 0.4) is 0 Å². The molecule has 1 aliphatic rings. The van der Waals surface area contributed by atoms with E-state index in [1.807, 2.05) is 87.7 Å². The molecule has 0 spiro atoms. The highest BCUT2D eigenvalue weighted by Gasteiger charge is 2.35. The molecule has 2 amide bonds. The molecule has 0 aliphatic carbocycles. The fraction of sp³-hybridized carbons (Fsp3) is 0.417. The number of aryl methyl sites for hydroxylation is 4. The van der Waals surface area contributed by atoms with Crippen LogP contribution in [0, 0.1) is 27.7 Å². The lowest BCUT2D eigenvalue weighted by atomic mass is 10.0. The molecule has 0 aromatic heterocycles. The number of piperazine rings is 1. The molecule has 1 aliphatic heterocycles. The Labute approximate surface area is 168 Å². The highest BCUT2D eigenvalue weighted by atomic mass is 16.2. The first kappa shape index (κ1) is 20.1. The minimum atomic E-state index is -0.0270. The number of amides is 2. The van der Waals surface area contributed by atoms with Crippen LogP contribution < -0.4 is 0 Å². The van der Waals surface area contributed by atoms with Gasteiger partial charge >= 0.3 is 0 Å². The van der Waals surface area contributed by atoms with E-state index >= 15 is 0 Å². The molecule has 148 valence electrons. The average molecular weight is 379 g/mol. The summed E-state index contributed by atoms with van der Waals surface area (Å²) in [4.78, 5) is 29.9. The first-order chi connectivity index (χ1) is 13.2. The van der Waals surface area contributed by atoms with Crippen LogP contribution in [0.2, 0.25) is 0 Å². The Hall–Kier alpha value is -2.62. The van der Waals surface area contributed by atoms with Crippen molar-refractivity contribution in [2.24, 2.45) is 0 Å². The van der Waals surface area contributed by atoms with E-state index in [-0.39, 0.29) is 23.9 Å². The maximum absolute atomic E-state index is 13.1. The van der Waals surface area contributed by atoms with Crippen LogP contribution >= 0.6 is 0 Å². The van der Waals surface area contributed by atoms with Gasteiger partial charge in [0.05, 0.1) is 0 Å². The minimum absolute atomic E-state index is 0.0270. The molecule has 2 atom stereocenters. The van der Waals surface area contributed by atoms with Gasteiger partial charge in [-0.1, -0.05) is 12.1 Å². The summed E-state index contributed by atoms with van der Waals surface area (Å²) in [5.41, 5.74) is 6.04. The van der Waals surface area contributed by atoms with E-state index in [2.05, 4.69) is 0 Å². The Bertz CT molecular complexity index is 843. The van der Waals surface area contributed by atoms with Crippen LogP contribution in [-0.4, -0.2) is 46.8 Å². The molecule has 1 heterocycles. The summed E-state index contributed by atoms with van der Waals surface area (Å²) in [5, 5.41) is 0. The highest BCUT2D eigenvalue weighted by Crippen LogP contribution is 2.22. The van der Waals surface area contributed by atoms with Crippen molar-refractivity contribution >= 4 is 11.8 Å². The molecule has 0 bridgehead atoms. The molecule has 0 radical (unpaired) electrons. The third kappa shape index (κ3) is 3.82. The van der Waals surface area contributed by atoms with Gasteiger partial charge in [-0.05, 0) is 88.1 Å². The molecule has 1 saturated heterocycles. The van der Waals surface area contributed by atoms with Crippen LogP contribution in [-0.2, 0) is 0 Å². The lowest BCUT2D eigenvalue weighted by molar-refractivity contribution is 0.0270. The molecule has 4 heteroatoms. The number of rotatable bonds is 2. The van der Waals surface area contributed by atoms with Crippen molar-refractivity contribution in [2.75, 3.05) is 13.1 Å². The zero-order chi connectivity index (χ0) is 20.6. The number of nitrogens with zero attached hydrogens (tertiary/aromatic N) is 2. The van der Waals surface area contributed by atoms with Gasteiger partial charge in [0.15, 0.2) is 0 Å². The second-order valence-corrected chi connectivity index (χ2v) is 8.21. The molecule has 4 nitrogen and oxygen atoms in total. The van der Waals surface area contributed by atoms with Crippen LogP contribution in [0.5, 0.6) is 0 Å². The van der Waals surface area contributed by atoms with Crippen molar-refractivity contribution in [2.45, 2.75) is 53.6 Å². The quantitative estimate of drug-likeness (QED) is 0.782. The smallest absolute Gasteiger partial charge is 0.254 e. The van der Waals surface area contributed by atoms with Crippen molar-refractivity contribution in [3.05, 3.63) is 69.8 Å². The molecule has 0 N–H and O–H groups in total. The number of hydrogen-bond donors (Lipinski definition) is 0. The van der Waals surface area contributed by atoms with Gasteiger partial charge in [0, 0.05) is 36.3 Å². The number of carbonyl (C=O) groups excluding carboxylic acids is 2. The predicted octanol–water partition coefficient (Wildman–Crippen LogP) is 4.30. The van der Waals surface area contributed by atoms with Crippen molar-refractivity contribution in [1.82, 2.24) is 9.80 Å². The van der Waals surface area contributed by atoms with Crippen molar-refractivity contribution in [3.8, 4) is 0 Å². The maximum atomic E-state index is 13.1. The van der Waals surface area contributed by atoms with Crippen molar-refractivity contribution < 1.29 is 9.59 Å². The first-order valence-corrected chi connectivity index (χ1v) is 9.95. The molecule has 28 heavy (non-hydrogen) atoms. The van der Waals surface area contributed by atoms with E-state index in [1.54, 1.807) is 0 Å². The summed E-state index contributed by atoms with van der Waals surface area (Å²) in [6.07, 6.45) is 0. The first-order valence-electron chi connectivity index (χ1n) is 9.95. The highest BCUT2D eigenvalue weighted by molar-refractivity contribution is 5.96. The molecular formula is C24H30N2O2. The number of benzene rings is 2. The van der Waals surface area contributed by atoms with Gasteiger partial charge in [0.2, 0.25) is 0 Å². The summed E-state index contributed by atoms with van der Waals surface area (Å²) in [6.45, 7) is 13.3.